The van der Waals surface area contributed by atoms with Crippen LogP contribution in [0.25, 0.3) is 0 Å². The molecule has 2 heterocycles. The molecule has 2 aliphatic rings. The number of nitrogens with zero attached hydrogens (tertiary/aromatic N) is 1. The average molecular weight is 176 g/mol. The Morgan fingerprint density at radius 1 is 1.54 bits per heavy atom. The fourth-order valence-corrected chi connectivity index (χ4v) is 1.75. The van der Waals surface area contributed by atoms with E-state index in [1.165, 1.54) is 19.3 Å². The maximum Gasteiger partial charge on any atom is 0.0789 e. The second kappa shape index (κ2) is 4.34. The second-order valence-electron chi connectivity index (χ2n) is 3.61. The summed E-state index contributed by atoms with van der Waals surface area (Å²) in [6, 6.07) is 0.464. The van der Waals surface area contributed by atoms with Crippen LogP contribution in [0.1, 0.15) is 19.3 Å². The molecule has 1 saturated heterocycles. The van der Waals surface area contributed by atoms with Crippen LogP contribution in [0.5, 0.6) is 0 Å². The van der Waals surface area contributed by atoms with Gasteiger partial charge in [0, 0.05) is 6.54 Å². The van der Waals surface area contributed by atoms with Crippen molar-refractivity contribution in [1.82, 2.24) is 10.2 Å². The second-order valence-corrected chi connectivity index (χ2v) is 3.61. The Kier molecular flexibility index (Phi) is 2.89. The molecule has 0 radical (unpaired) electrons. The summed E-state index contributed by atoms with van der Waals surface area (Å²) in [7, 11) is 0. The highest BCUT2D eigenvalue weighted by Gasteiger charge is 2.09. The number of hydrogen-bond acceptors (Lipinski definition) is 2. The van der Waals surface area contributed by atoms with Gasteiger partial charge in [0.1, 0.15) is 0 Å². The highest BCUT2D eigenvalue weighted by Crippen LogP contribution is 2.04. The summed E-state index contributed by atoms with van der Waals surface area (Å²) < 4.78 is 0. The average Bonchev–Trinajstić information content (AvgIpc) is 2.75. The first kappa shape index (κ1) is 8.65. The Morgan fingerprint density at radius 3 is 3.23 bits per heavy atom. The Balaban J connectivity index is 1.73. The highest BCUT2D eigenvalue weighted by molar-refractivity contribution is 5.11. The van der Waals surface area contributed by atoms with E-state index in [0.29, 0.717) is 6.04 Å². The van der Waals surface area contributed by atoms with Crippen molar-refractivity contribution in [2.75, 3.05) is 19.6 Å². The molecule has 2 aliphatic heterocycles. The maximum absolute atomic E-state index is 3.37. The van der Waals surface area contributed by atoms with E-state index in [4.69, 9.17) is 0 Å². The summed E-state index contributed by atoms with van der Waals surface area (Å²) in [4.78, 5) is 2.27. The largest absolute Gasteiger partial charge is 0.366 e. The van der Waals surface area contributed by atoms with Crippen molar-refractivity contribution in [3.63, 3.8) is 0 Å². The number of rotatable bonds is 1. The van der Waals surface area contributed by atoms with Gasteiger partial charge in [-0.05, 0) is 32.0 Å². The molecular formula is C11H16N2. The predicted molar refractivity (Wildman–Crippen MR) is 54.1 cm³/mol. The van der Waals surface area contributed by atoms with Gasteiger partial charge in [0.2, 0.25) is 0 Å². The summed E-state index contributed by atoms with van der Waals surface area (Å²) >= 11 is 0. The van der Waals surface area contributed by atoms with Gasteiger partial charge in [0.25, 0.3) is 0 Å². The minimum Gasteiger partial charge on any atom is -0.366 e. The standard InChI is InChI=1S/C11H16N2/c1-2-9-13(8-1)10-4-6-11-5-3-7-12-11/h1,8,11-12H,2-3,5,7,9-10H2/t11-/m1/s1. The molecule has 13 heavy (non-hydrogen) atoms. The SMILES string of the molecule is C(#C[C@H]1CCCN1)CN1C=CCC1. The Labute approximate surface area is 80.0 Å². The number of hydrogen-bond donors (Lipinski definition) is 1. The van der Waals surface area contributed by atoms with E-state index in [-0.39, 0.29) is 0 Å². The molecule has 2 heteroatoms. The van der Waals surface area contributed by atoms with Crippen molar-refractivity contribution in [3.05, 3.63) is 12.3 Å². The normalized spacial score (nSPS) is 26.2. The lowest BCUT2D eigenvalue weighted by Crippen LogP contribution is -2.20. The Bertz CT molecular complexity index is 241. The Morgan fingerprint density at radius 2 is 2.54 bits per heavy atom. The highest BCUT2D eigenvalue weighted by atomic mass is 15.1. The van der Waals surface area contributed by atoms with Gasteiger partial charge in [-0.1, -0.05) is 17.9 Å². The smallest absolute Gasteiger partial charge is 0.0789 e. The minimum absolute atomic E-state index is 0.464. The third kappa shape index (κ3) is 2.50. The molecule has 2 nitrogen and oxygen atoms in total. The van der Waals surface area contributed by atoms with E-state index in [9.17, 15) is 0 Å². The first-order valence-corrected chi connectivity index (χ1v) is 5.07. The van der Waals surface area contributed by atoms with Crippen LogP contribution >= 0.6 is 0 Å². The first-order chi connectivity index (χ1) is 6.45. The fraction of sp³-hybridized carbons (Fsp3) is 0.636. The van der Waals surface area contributed by atoms with Crippen molar-refractivity contribution in [1.29, 1.82) is 0 Å². The van der Waals surface area contributed by atoms with Crippen LogP contribution in [0.3, 0.4) is 0 Å². The van der Waals surface area contributed by atoms with E-state index in [2.05, 4.69) is 34.3 Å². The van der Waals surface area contributed by atoms with E-state index in [0.717, 1.165) is 19.6 Å². The molecule has 1 atom stereocenters. The molecule has 1 fully saturated rings. The first-order valence-electron chi connectivity index (χ1n) is 5.07. The van der Waals surface area contributed by atoms with E-state index in [1.807, 2.05) is 0 Å². The minimum atomic E-state index is 0.464. The van der Waals surface area contributed by atoms with Crippen molar-refractivity contribution < 1.29 is 0 Å². The van der Waals surface area contributed by atoms with Crippen LogP contribution in [-0.4, -0.2) is 30.6 Å². The van der Waals surface area contributed by atoms with Crippen molar-refractivity contribution >= 4 is 0 Å². The summed E-state index contributed by atoms with van der Waals surface area (Å²) in [5.74, 6) is 6.50. The van der Waals surface area contributed by atoms with E-state index < -0.39 is 0 Å². The Hall–Kier alpha value is -0.940. The molecule has 0 bridgehead atoms. The maximum atomic E-state index is 3.37. The topological polar surface area (TPSA) is 15.3 Å². The van der Waals surface area contributed by atoms with Crippen molar-refractivity contribution in [2.45, 2.75) is 25.3 Å². The van der Waals surface area contributed by atoms with Gasteiger partial charge in [-0.3, -0.25) is 0 Å². The third-order valence-electron chi connectivity index (χ3n) is 2.52. The monoisotopic (exact) mass is 176 g/mol. The van der Waals surface area contributed by atoms with Gasteiger partial charge >= 0.3 is 0 Å². The molecule has 0 aromatic heterocycles. The van der Waals surface area contributed by atoms with Gasteiger partial charge < -0.3 is 10.2 Å². The lowest BCUT2D eigenvalue weighted by atomic mass is 10.2. The van der Waals surface area contributed by atoms with Gasteiger partial charge in [0.05, 0.1) is 12.6 Å². The van der Waals surface area contributed by atoms with Gasteiger partial charge in [-0.15, -0.1) is 0 Å². The molecule has 70 valence electrons. The zero-order valence-corrected chi connectivity index (χ0v) is 7.92. The van der Waals surface area contributed by atoms with Crippen LogP contribution in [0, 0.1) is 11.8 Å². The zero-order valence-electron chi connectivity index (χ0n) is 7.92. The summed E-state index contributed by atoms with van der Waals surface area (Å²) in [5.41, 5.74) is 0. The summed E-state index contributed by atoms with van der Waals surface area (Å²) in [6.45, 7) is 3.18. The van der Waals surface area contributed by atoms with Gasteiger partial charge in [-0.25, -0.2) is 0 Å². The van der Waals surface area contributed by atoms with E-state index >= 15 is 0 Å². The molecule has 0 aromatic rings. The van der Waals surface area contributed by atoms with Crippen LogP contribution in [0.2, 0.25) is 0 Å². The van der Waals surface area contributed by atoms with Gasteiger partial charge in [0.15, 0.2) is 0 Å². The quantitative estimate of drug-likeness (QED) is 0.599. The lowest BCUT2D eigenvalue weighted by Gasteiger charge is -2.09. The van der Waals surface area contributed by atoms with Crippen LogP contribution in [-0.2, 0) is 0 Å². The van der Waals surface area contributed by atoms with Crippen molar-refractivity contribution in [3.8, 4) is 11.8 Å². The summed E-state index contributed by atoms with van der Waals surface area (Å²) in [6.07, 6.45) is 8.04. The zero-order chi connectivity index (χ0) is 8.93. The fourth-order valence-electron chi connectivity index (χ4n) is 1.75. The van der Waals surface area contributed by atoms with E-state index in [1.54, 1.807) is 0 Å². The lowest BCUT2D eigenvalue weighted by molar-refractivity contribution is 0.457. The summed E-state index contributed by atoms with van der Waals surface area (Å²) in [5, 5.41) is 3.37. The molecule has 1 N–H and O–H groups in total. The van der Waals surface area contributed by atoms with Crippen LogP contribution in [0.4, 0.5) is 0 Å². The molecule has 0 unspecified atom stereocenters. The molecule has 0 saturated carbocycles. The molecule has 0 aromatic carbocycles. The van der Waals surface area contributed by atoms with Crippen molar-refractivity contribution in [2.24, 2.45) is 0 Å². The molecule has 0 amide bonds. The van der Waals surface area contributed by atoms with Crippen LogP contribution < -0.4 is 5.32 Å². The van der Waals surface area contributed by atoms with Crippen LogP contribution in [0.15, 0.2) is 12.3 Å². The third-order valence-corrected chi connectivity index (χ3v) is 2.52. The molecule has 0 aliphatic carbocycles. The number of nitrogens with one attached hydrogen (secondary N) is 1. The molecule has 0 spiro atoms. The molecule has 2 rings (SSSR count). The van der Waals surface area contributed by atoms with Gasteiger partial charge in [-0.2, -0.15) is 0 Å². The predicted octanol–water partition coefficient (Wildman–Crippen LogP) is 0.961. The molecular weight excluding hydrogens is 160 g/mol.